The second kappa shape index (κ2) is 7.26. The van der Waals surface area contributed by atoms with E-state index >= 15 is 0 Å². The molecule has 1 aliphatic heterocycles. The summed E-state index contributed by atoms with van der Waals surface area (Å²) in [6.45, 7) is 11.0. The highest BCUT2D eigenvalue weighted by molar-refractivity contribution is 4.82. The first-order valence-electron chi connectivity index (χ1n) is 8.87. The Balaban J connectivity index is 1.66. The van der Waals surface area contributed by atoms with Crippen LogP contribution in [-0.2, 0) is 0 Å². The van der Waals surface area contributed by atoms with E-state index in [0.29, 0.717) is 5.41 Å². The SMILES string of the molecule is CN(CC1CCC(C(C)(C)C)CC1)CC1CCCCN1. The lowest BCUT2D eigenvalue weighted by Gasteiger charge is -2.38. The van der Waals surface area contributed by atoms with E-state index in [1.165, 1.54) is 64.6 Å². The number of likely N-dealkylation sites (N-methyl/N-ethyl adjacent to an activating group) is 1. The molecule has 2 rings (SSSR count). The van der Waals surface area contributed by atoms with Crippen molar-refractivity contribution < 1.29 is 0 Å². The molecule has 1 aliphatic carbocycles. The highest BCUT2D eigenvalue weighted by atomic mass is 15.1. The van der Waals surface area contributed by atoms with Crippen LogP contribution >= 0.6 is 0 Å². The molecule has 1 heterocycles. The minimum absolute atomic E-state index is 0.517. The molecule has 1 unspecified atom stereocenters. The van der Waals surface area contributed by atoms with E-state index < -0.39 is 0 Å². The minimum Gasteiger partial charge on any atom is -0.313 e. The van der Waals surface area contributed by atoms with E-state index in [0.717, 1.165) is 17.9 Å². The van der Waals surface area contributed by atoms with Gasteiger partial charge in [0.15, 0.2) is 0 Å². The van der Waals surface area contributed by atoms with Crippen LogP contribution in [0.4, 0.5) is 0 Å². The summed E-state index contributed by atoms with van der Waals surface area (Å²) >= 11 is 0. The maximum Gasteiger partial charge on any atom is 0.0194 e. The van der Waals surface area contributed by atoms with Gasteiger partial charge in [0.25, 0.3) is 0 Å². The molecule has 0 spiro atoms. The summed E-state index contributed by atoms with van der Waals surface area (Å²) < 4.78 is 0. The van der Waals surface area contributed by atoms with Crippen molar-refractivity contribution in [2.75, 3.05) is 26.7 Å². The third-order valence-corrected chi connectivity index (χ3v) is 5.59. The lowest BCUT2D eigenvalue weighted by molar-refractivity contribution is 0.127. The van der Waals surface area contributed by atoms with E-state index in [1.807, 2.05) is 0 Å². The molecule has 0 radical (unpaired) electrons. The third-order valence-electron chi connectivity index (χ3n) is 5.59. The molecule has 2 fully saturated rings. The van der Waals surface area contributed by atoms with Gasteiger partial charge in [-0.2, -0.15) is 0 Å². The van der Waals surface area contributed by atoms with Gasteiger partial charge in [-0.15, -0.1) is 0 Å². The highest BCUT2D eigenvalue weighted by Gasteiger charge is 2.30. The number of nitrogens with zero attached hydrogens (tertiary/aromatic N) is 1. The van der Waals surface area contributed by atoms with E-state index in [1.54, 1.807) is 0 Å². The van der Waals surface area contributed by atoms with Crippen LogP contribution in [0.15, 0.2) is 0 Å². The van der Waals surface area contributed by atoms with Gasteiger partial charge >= 0.3 is 0 Å². The Bertz CT molecular complexity index is 268. The van der Waals surface area contributed by atoms with Crippen molar-refractivity contribution in [2.45, 2.75) is 71.8 Å². The molecule has 1 saturated heterocycles. The van der Waals surface area contributed by atoms with Gasteiger partial charge in [0.2, 0.25) is 0 Å². The maximum absolute atomic E-state index is 3.67. The van der Waals surface area contributed by atoms with Crippen LogP contribution in [0.3, 0.4) is 0 Å². The van der Waals surface area contributed by atoms with Gasteiger partial charge < -0.3 is 10.2 Å². The monoisotopic (exact) mass is 280 g/mol. The maximum atomic E-state index is 3.67. The largest absolute Gasteiger partial charge is 0.313 e. The van der Waals surface area contributed by atoms with E-state index in [9.17, 15) is 0 Å². The normalized spacial score (nSPS) is 32.5. The van der Waals surface area contributed by atoms with Crippen molar-refractivity contribution in [3.8, 4) is 0 Å². The molecule has 0 amide bonds. The van der Waals surface area contributed by atoms with Crippen LogP contribution in [0.1, 0.15) is 65.7 Å². The second-order valence-corrected chi connectivity index (χ2v) is 8.45. The summed E-state index contributed by atoms with van der Waals surface area (Å²) in [5.41, 5.74) is 0.517. The second-order valence-electron chi connectivity index (χ2n) is 8.45. The van der Waals surface area contributed by atoms with Crippen molar-refractivity contribution in [1.29, 1.82) is 0 Å². The molecule has 118 valence electrons. The summed E-state index contributed by atoms with van der Waals surface area (Å²) in [5, 5.41) is 3.67. The minimum atomic E-state index is 0.517. The van der Waals surface area contributed by atoms with Crippen LogP contribution < -0.4 is 5.32 Å². The molecule has 0 aromatic rings. The molecule has 1 atom stereocenters. The lowest BCUT2D eigenvalue weighted by atomic mass is 9.70. The van der Waals surface area contributed by atoms with Gasteiger partial charge in [-0.3, -0.25) is 0 Å². The number of nitrogens with one attached hydrogen (secondary N) is 1. The van der Waals surface area contributed by atoms with Crippen LogP contribution in [0.5, 0.6) is 0 Å². The Kier molecular flexibility index (Phi) is 5.92. The molecule has 0 aromatic heterocycles. The smallest absolute Gasteiger partial charge is 0.0194 e. The summed E-state index contributed by atoms with van der Waals surface area (Å²) in [6, 6.07) is 0.750. The van der Waals surface area contributed by atoms with E-state index in [4.69, 9.17) is 0 Å². The summed E-state index contributed by atoms with van der Waals surface area (Å²) in [6.07, 6.45) is 9.96. The van der Waals surface area contributed by atoms with Crippen LogP contribution in [0.25, 0.3) is 0 Å². The lowest BCUT2D eigenvalue weighted by Crippen LogP contribution is -2.44. The van der Waals surface area contributed by atoms with Gasteiger partial charge in [-0.05, 0) is 69.4 Å². The molecule has 0 aromatic carbocycles. The number of rotatable bonds is 4. The number of hydrogen-bond acceptors (Lipinski definition) is 2. The van der Waals surface area contributed by atoms with Gasteiger partial charge in [0, 0.05) is 19.1 Å². The Labute approximate surface area is 126 Å². The predicted molar refractivity (Wildman–Crippen MR) is 88.0 cm³/mol. The Morgan fingerprint density at radius 2 is 1.65 bits per heavy atom. The zero-order valence-corrected chi connectivity index (χ0v) is 14.3. The fourth-order valence-corrected chi connectivity index (χ4v) is 4.18. The zero-order chi connectivity index (χ0) is 14.6. The highest BCUT2D eigenvalue weighted by Crippen LogP contribution is 2.39. The summed E-state index contributed by atoms with van der Waals surface area (Å²) in [7, 11) is 2.33. The topological polar surface area (TPSA) is 15.3 Å². The molecule has 1 saturated carbocycles. The quantitative estimate of drug-likeness (QED) is 0.840. The Hall–Kier alpha value is -0.0800. The molecule has 2 aliphatic rings. The standard InChI is InChI=1S/C18H36N2/c1-18(2,3)16-10-8-15(9-11-16)13-20(4)14-17-7-5-6-12-19-17/h15-17,19H,5-14H2,1-4H3. The molecule has 2 heteroatoms. The van der Waals surface area contributed by atoms with Crippen molar-refractivity contribution in [2.24, 2.45) is 17.3 Å². The summed E-state index contributed by atoms with van der Waals surface area (Å²) in [4.78, 5) is 2.59. The van der Waals surface area contributed by atoms with Crippen LogP contribution in [-0.4, -0.2) is 37.6 Å². The van der Waals surface area contributed by atoms with Gasteiger partial charge in [-0.1, -0.05) is 27.2 Å². The van der Waals surface area contributed by atoms with Crippen molar-refractivity contribution in [1.82, 2.24) is 10.2 Å². The van der Waals surface area contributed by atoms with Crippen molar-refractivity contribution in [3.63, 3.8) is 0 Å². The van der Waals surface area contributed by atoms with Crippen molar-refractivity contribution >= 4 is 0 Å². The molecule has 20 heavy (non-hydrogen) atoms. The van der Waals surface area contributed by atoms with Gasteiger partial charge in [-0.25, -0.2) is 0 Å². The van der Waals surface area contributed by atoms with E-state index in [-0.39, 0.29) is 0 Å². The number of piperidine rings is 1. The first-order valence-corrected chi connectivity index (χ1v) is 8.87. The first kappa shape index (κ1) is 16.3. The molecule has 2 nitrogen and oxygen atoms in total. The van der Waals surface area contributed by atoms with Gasteiger partial charge in [0.05, 0.1) is 0 Å². The predicted octanol–water partition coefficient (Wildman–Crippen LogP) is 3.91. The molecular weight excluding hydrogens is 244 g/mol. The van der Waals surface area contributed by atoms with Gasteiger partial charge in [0.1, 0.15) is 0 Å². The molecule has 0 bridgehead atoms. The molecular formula is C18H36N2. The van der Waals surface area contributed by atoms with E-state index in [2.05, 4.69) is 38.0 Å². The first-order chi connectivity index (χ1) is 9.45. The van der Waals surface area contributed by atoms with Crippen LogP contribution in [0.2, 0.25) is 0 Å². The fourth-order valence-electron chi connectivity index (χ4n) is 4.18. The zero-order valence-electron chi connectivity index (χ0n) is 14.3. The summed E-state index contributed by atoms with van der Waals surface area (Å²) in [5.74, 6) is 1.89. The van der Waals surface area contributed by atoms with Crippen molar-refractivity contribution in [3.05, 3.63) is 0 Å². The average Bonchev–Trinajstić information content (AvgIpc) is 2.39. The van der Waals surface area contributed by atoms with Crippen LogP contribution in [0, 0.1) is 17.3 Å². The Morgan fingerprint density at radius 3 is 2.20 bits per heavy atom. The number of hydrogen-bond donors (Lipinski definition) is 1. The third kappa shape index (κ3) is 5.04. The Morgan fingerprint density at radius 1 is 0.950 bits per heavy atom. The molecule has 1 N–H and O–H groups in total. The fraction of sp³-hybridized carbons (Fsp3) is 1.00. The average molecular weight is 280 g/mol.